The summed E-state index contributed by atoms with van der Waals surface area (Å²) in [5.74, 6) is 0.122. The number of benzene rings is 3. The molecule has 0 N–H and O–H groups in total. The van der Waals surface area contributed by atoms with Crippen LogP contribution in [0.25, 0.3) is 10.8 Å². The van der Waals surface area contributed by atoms with E-state index in [2.05, 4.69) is 0 Å². The van der Waals surface area contributed by atoms with E-state index < -0.39 is 0 Å². The Hall–Kier alpha value is -2.12. The van der Waals surface area contributed by atoms with Gasteiger partial charge < -0.3 is 0 Å². The lowest BCUT2D eigenvalue weighted by molar-refractivity contribution is 0.0994. The van der Waals surface area contributed by atoms with Gasteiger partial charge in [-0.15, -0.1) is 0 Å². The maximum atomic E-state index is 12.6. The van der Waals surface area contributed by atoms with Crippen molar-refractivity contribution in [2.75, 3.05) is 0 Å². The smallest absolute Gasteiger partial charge is 0.167 e. The van der Waals surface area contributed by atoms with Crippen LogP contribution in [0.15, 0.2) is 60.7 Å². The molecule has 21 heavy (non-hydrogen) atoms. The van der Waals surface area contributed by atoms with E-state index in [0.717, 1.165) is 27.5 Å². The summed E-state index contributed by atoms with van der Waals surface area (Å²) in [5, 5.41) is 2.52. The summed E-state index contributed by atoms with van der Waals surface area (Å²) in [7, 11) is 0. The summed E-state index contributed by atoms with van der Waals surface area (Å²) in [6.45, 7) is 2.03. The Bertz CT molecular complexity index is 821. The van der Waals surface area contributed by atoms with Crippen LogP contribution >= 0.6 is 11.6 Å². The molecule has 3 rings (SSSR count). The third-order valence-corrected chi connectivity index (χ3v) is 4.11. The van der Waals surface area contributed by atoms with Crippen LogP contribution in [-0.2, 0) is 6.42 Å². The Balaban J connectivity index is 2.03. The van der Waals surface area contributed by atoms with Gasteiger partial charge in [0.05, 0.1) is 0 Å². The molecule has 3 aromatic carbocycles. The molecule has 0 unspecified atom stereocenters. The molecule has 0 atom stereocenters. The van der Waals surface area contributed by atoms with Crippen molar-refractivity contribution in [3.63, 3.8) is 0 Å². The van der Waals surface area contributed by atoms with Crippen molar-refractivity contribution in [1.29, 1.82) is 0 Å². The molecule has 0 saturated carbocycles. The Kier molecular flexibility index (Phi) is 3.76. The molecule has 0 fully saturated rings. The lowest BCUT2D eigenvalue weighted by Gasteiger charge is -2.09. The Morgan fingerprint density at radius 2 is 1.57 bits per heavy atom. The number of halogens is 1. The molecule has 0 saturated heterocycles. The van der Waals surface area contributed by atoms with Gasteiger partial charge in [0.25, 0.3) is 0 Å². The van der Waals surface area contributed by atoms with Gasteiger partial charge in [-0.1, -0.05) is 60.1 Å². The first-order valence-corrected chi connectivity index (χ1v) is 7.29. The second-order valence-corrected chi connectivity index (χ2v) is 5.57. The summed E-state index contributed by atoms with van der Waals surface area (Å²) < 4.78 is 0. The number of carbonyl (C=O) groups excluding carboxylic acids is 1. The molecule has 0 heterocycles. The highest BCUT2D eigenvalue weighted by Crippen LogP contribution is 2.27. The number of hydrogen-bond acceptors (Lipinski definition) is 1. The molecule has 0 aliphatic rings. The van der Waals surface area contributed by atoms with Gasteiger partial charge in [-0.2, -0.15) is 0 Å². The fourth-order valence-corrected chi connectivity index (χ4v) is 2.81. The van der Waals surface area contributed by atoms with Crippen molar-refractivity contribution in [3.05, 3.63) is 82.4 Å². The van der Waals surface area contributed by atoms with E-state index in [-0.39, 0.29) is 5.78 Å². The maximum Gasteiger partial charge on any atom is 0.167 e. The minimum Gasteiger partial charge on any atom is -0.294 e. The van der Waals surface area contributed by atoms with E-state index in [1.165, 1.54) is 0 Å². The standard InChI is InChI=1S/C19H15ClO/c1-13-6-2-3-7-14(13)12-19(21)17-10-11-18(20)16-9-5-4-8-15(16)17/h2-11H,12H2,1H3. The van der Waals surface area contributed by atoms with E-state index in [9.17, 15) is 4.79 Å². The highest BCUT2D eigenvalue weighted by molar-refractivity contribution is 6.36. The predicted octanol–water partition coefficient (Wildman–Crippen LogP) is 5.23. The van der Waals surface area contributed by atoms with Crippen LogP contribution in [0.3, 0.4) is 0 Å². The first kappa shape index (κ1) is 13.8. The average molecular weight is 295 g/mol. The van der Waals surface area contributed by atoms with Crippen LogP contribution in [0.4, 0.5) is 0 Å². The lowest BCUT2D eigenvalue weighted by Crippen LogP contribution is -2.05. The average Bonchev–Trinajstić information content (AvgIpc) is 2.50. The Morgan fingerprint density at radius 3 is 2.33 bits per heavy atom. The highest BCUT2D eigenvalue weighted by atomic mass is 35.5. The number of carbonyl (C=O) groups is 1. The van der Waals surface area contributed by atoms with E-state index in [1.54, 1.807) is 6.07 Å². The van der Waals surface area contributed by atoms with Crippen LogP contribution in [-0.4, -0.2) is 5.78 Å². The first-order chi connectivity index (χ1) is 10.2. The minimum atomic E-state index is 0.122. The van der Waals surface area contributed by atoms with Crippen LogP contribution in [0.1, 0.15) is 21.5 Å². The monoisotopic (exact) mass is 294 g/mol. The van der Waals surface area contributed by atoms with Crippen LogP contribution in [0, 0.1) is 6.92 Å². The van der Waals surface area contributed by atoms with Crippen molar-refractivity contribution in [2.45, 2.75) is 13.3 Å². The normalized spacial score (nSPS) is 10.8. The van der Waals surface area contributed by atoms with E-state index in [4.69, 9.17) is 11.6 Å². The molecular weight excluding hydrogens is 280 g/mol. The molecular formula is C19H15ClO. The fourth-order valence-electron chi connectivity index (χ4n) is 2.58. The number of rotatable bonds is 3. The number of fused-ring (bicyclic) bond motifs is 1. The third kappa shape index (κ3) is 2.70. The van der Waals surface area contributed by atoms with Crippen molar-refractivity contribution < 1.29 is 4.79 Å². The summed E-state index contributed by atoms with van der Waals surface area (Å²) >= 11 is 6.21. The summed E-state index contributed by atoms with van der Waals surface area (Å²) in [5.41, 5.74) is 2.95. The van der Waals surface area contributed by atoms with E-state index in [1.807, 2.05) is 61.5 Å². The molecule has 3 aromatic rings. The minimum absolute atomic E-state index is 0.122. The Morgan fingerprint density at radius 1 is 0.905 bits per heavy atom. The van der Waals surface area contributed by atoms with Gasteiger partial charge in [0.2, 0.25) is 0 Å². The van der Waals surface area contributed by atoms with Gasteiger partial charge >= 0.3 is 0 Å². The zero-order valence-electron chi connectivity index (χ0n) is 11.8. The van der Waals surface area contributed by atoms with Crippen molar-refractivity contribution >= 4 is 28.2 Å². The van der Waals surface area contributed by atoms with Gasteiger partial charge in [0.1, 0.15) is 0 Å². The Labute approximate surface area is 129 Å². The SMILES string of the molecule is Cc1ccccc1CC(=O)c1ccc(Cl)c2ccccc12. The highest BCUT2D eigenvalue weighted by Gasteiger charge is 2.13. The molecule has 0 aromatic heterocycles. The summed E-state index contributed by atoms with van der Waals surface area (Å²) in [4.78, 5) is 12.6. The van der Waals surface area contributed by atoms with Gasteiger partial charge in [0.15, 0.2) is 5.78 Å². The lowest BCUT2D eigenvalue weighted by atomic mass is 9.96. The molecule has 0 radical (unpaired) electrons. The van der Waals surface area contributed by atoms with Gasteiger partial charge in [-0.25, -0.2) is 0 Å². The maximum absolute atomic E-state index is 12.6. The first-order valence-electron chi connectivity index (χ1n) is 6.92. The molecule has 0 bridgehead atoms. The molecule has 0 aliphatic carbocycles. The van der Waals surface area contributed by atoms with Gasteiger partial charge in [0, 0.05) is 22.4 Å². The second kappa shape index (κ2) is 5.71. The molecule has 0 spiro atoms. The zero-order valence-corrected chi connectivity index (χ0v) is 12.5. The van der Waals surface area contributed by atoms with Crippen molar-refractivity contribution in [2.24, 2.45) is 0 Å². The van der Waals surface area contributed by atoms with Crippen LogP contribution in [0.2, 0.25) is 5.02 Å². The number of aryl methyl sites for hydroxylation is 1. The summed E-state index contributed by atoms with van der Waals surface area (Å²) in [6.07, 6.45) is 0.415. The summed E-state index contributed by atoms with van der Waals surface area (Å²) in [6, 6.07) is 19.4. The van der Waals surface area contributed by atoms with Crippen LogP contribution < -0.4 is 0 Å². The zero-order chi connectivity index (χ0) is 14.8. The van der Waals surface area contributed by atoms with E-state index >= 15 is 0 Å². The van der Waals surface area contributed by atoms with Crippen LogP contribution in [0.5, 0.6) is 0 Å². The number of hydrogen-bond donors (Lipinski definition) is 0. The topological polar surface area (TPSA) is 17.1 Å². The van der Waals surface area contributed by atoms with Crippen molar-refractivity contribution in [3.8, 4) is 0 Å². The predicted molar refractivity (Wildman–Crippen MR) is 88.2 cm³/mol. The fraction of sp³-hybridized carbons (Fsp3) is 0.105. The van der Waals surface area contributed by atoms with Gasteiger partial charge in [-0.3, -0.25) is 4.79 Å². The molecule has 104 valence electrons. The number of ketones is 1. The molecule has 1 nitrogen and oxygen atoms in total. The quantitative estimate of drug-likeness (QED) is 0.605. The van der Waals surface area contributed by atoms with Gasteiger partial charge in [-0.05, 0) is 35.6 Å². The molecule has 0 amide bonds. The second-order valence-electron chi connectivity index (χ2n) is 5.17. The third-order valence-electron chi connectivity index (χ3n) is 3.78. The molecule has 2 heteroatoms. The van der Waals surface area contributed by atoms with Crippen molar-refractivity contribution in [1.82, 2.24) is 0 Å². The largest absolute Gasteiger partial charge is 0.294 e. The van der Waals surface area contributed by atoms with E-state index in [0.29, 0.717) is 11.4 Å². The number of Topliss-reactive ketones (excluding diaryl/α,β-unsaturated/α-hetero) is 1. The molecule has 0 aliphatic heterocycles.